The van der Waals surface area contributed by atoms with Crippen molar-refractivity contribution < 1.29 is 4.42 Å². The molecular formula is C48H28N2O. The minimum atomic E-state index is 0.873. The number of hydrogen-bond acceptors (Lipinski definition) is 3. The summed E-state index contributed by atoms with van der Waals surface area (Å²) < 4.78 is 6.30. The maximum absolute atomic E-state index is 6.30. The Balaban J connectivity index is 1.09. The van der Waals surface area contributed by atoms with E-state index in [4.69, 9.17) is 9.40 Å². The van der Waals surface area contributed by atoms with Crippen molar-refractivity contribution in [1.29, 1.82) is 0 Å². The topological polar surface area (TPSA) is 38.9 Å². The summed E-state index contributed by atoms with van der Waals surface area (Å²) in [6.45, 7) is 0. The van der Waals surface area contributed by atoms with E-state index in [1.54, 1.807) is 0 Å². The first kappa shape index (κ1) is 28.0. The molecular weight excluding hydrogens is 621 g/mol. The zero-order valence-electron chi connectivity index (χ0n) is 27.5. The van der Waals surface area contributed by atoms with Crippen LogP contribution >= 0.6 is 0 Å². The van der Waals surface area contributed by atoms with E-state index in [0.29, 0.717) is 0 Å². The number of para-hydroxylation sites is 1. The number of benzene rings is 8. The highest BCUT2D eigenvalue weighted by Gasteiger charge is 2.18. The van der Waals surface area contributed by atoms with Crippen LogP contribution in [-0.4, -0.2) is 9.97 Å². The maximum atomic E-state index is 6.30. The lowest BCUT2D eigenvalue weighted by atomic mass is 9.85. The predicted octanol–water partition coefficient (Wildman–Crippen LogP) is 13.1. The van der Waals surface area contributed by atoms with E-state index in [0.717, 1.165) is 60.9 Å². The van der Waals surface area contributed by atoms with E-state index < -0.39 is 0 Å². The minimum absolute atomic E-state index is 0.873. The van der Waals surface area contributed by atoms with Crippen molar-refractivity contribution in [2.24, 2.45) is 0 Å². The van der Waals surface area contributed by atoms with Gasteiger partial charge in [-0.2, -0.15) is 0 Å². The minimum Gasteiger partial charge on any atom is -0.456 e. The van der Waals surface area contributed by atoms with Crippen LogP contribution in [0.4, 0.5) is 0 Å². The highest BCUT2D eigenvalue weighted by atomic mass is 16.3. The highest BCUT2D eigenvalue weighted by Crippen LogP contribution is 2.45. The maximum Gasteiger partial charge on any atom is 0.135 e. The van der Waals surface area contributed by atoms with E-state index in [1.807, 2.05) is 24.4 Å². The Morgan fingerprint density at radius 3 is 1.86 bits per heavy atom. The molecule has 3 aromatic heterocycles. The SMILES string of the molecule is c1cc(-c2cc3ccccc3o2)cc(-c2cc(-c3ccc(-c4ccc5ccc6cccnc6c5n4)cc3)c3ccc4cccc5ccc2c3c45)c1. The molecule has 0 aliphatic carbocycles. The van der Waals surface area contributed by atoms with Gasteiger partial charge in [-0.15, -0.1) is 0 Å². The van der Waals surface area contributed by atoms with Crippen LogP contribution in [0.15, 0.2) is 174 Å². The first-order valence-electron chi connectivity index (χ1n) is 17.3. The lowest BCUT2D eigenvalue weighted by molar-refractivity contribution is 0.631. The van der Waals surface area contributed by atoms with Crippen LogP contribution in [0.3, 0.4) is 0 Å². The van der Waals surface area contributed by atoms with Gasteiger partial charge in [0.1, 0.15) is 11.3 Å². The van der Waals surface area contributed by atoms with Gasteiger partial charge in [0.05, 0.1) is 16.7 Å². The summed E-state index contributed by atoms with van der Waals surface area (Å²) in [5.41, 5.74) is 10.6. The molecule has 0 saturated heterocycles. The van der Waals surface area contributed by atoms with Crippen LogP contribution in [0.5, 0.6) is 0 Å². The number of furan rings is 1. The number of aromatic nitrogens is 2. The summed E-state index contributed by atoms with van der Waals surface area (Å²) in [7, 11) is 0. The number of fused-ring (bicyclic) bond motifs is 4. The van der Waals surface area contributed by atoms with Gasteiger partial charge in [-0.05, 0) is 91.0 Å². The third-order valence-corrected chi connectivity index (χ3v) is 10.5. The third kappa shape index (κ3) is 4.38. The molecule has 0 amide bonds. The molecule has 0 N–H and O–H groups in total. The van der Waals surface area contributed by atoms with Gasteiger partial charge in [-0.3, -0.25) is 4.98 Å². The molecule has 11 rings (SSSR count). The first-order valence-corrected chi connectivity index (χ1v) is 17.3. The van der Waals surface area contributed by atoms with Crippen molar-refractivity contribution in [2.75, 3.05) is 0 Å². The average Bonchev–Trinajstić information content (AvgIpc) is 3.64. The Labute approximate surface area is 293 Å². The van der Waals surface area contributed by atoms with Gasteiger partial charge in [-0.25, -0.2) is 4.98 Å². The summed E-state index contributed by atoms with van der Waals surface area (Å²) in [4.78, 5) is 9.77. The van der Waals surface area contributed by atoms with E-state index in [-0.39, 0.29) is 0 Å². The second-order valence-corrected chi connectivity index (χ2v) is 13.4. The van der Waals surface area contributed by atoms with Gasteiger partial charge in [0.2, 0.25) is 0 Å². The fourth-order valence-electron chi connectivity index (χ4n) is 7.98. The van der Waals surface area contributed by atoms with Gasteiger partial charge in [0.15, 0.2) is 0 Å². The average molecular weight is 649 g/mol. The summed E-state index contributed by atoms with van der Waals surface area (Å²) >= 11 is 0. The Hall–Kier alpha value is -6.84. The Morgan fingerprint density at radius 2 is 1.04 bits per heavy atom. The van der Waals surface area contributed by atoms with E-state index in [9.17, 15) is 0 Å². The molecule has 0 aliphatic rings. The molecule has 0 radical (unpaired) electrons. The Kier molecular flexibility index (Phi) is 5.96. The Morgan fingerprint density at radius 1 is 0.392 bits per heavy atom. The number of pyridine rings is 2. The normalized spacial score (nSPS) is 11.9. The van der Waals surface area contributed by atoms with E-state index >= 15 is 0 Å². The second-order valence-electron chi connectivity index (χ2n) is 13.4. The van der Waals surface area contributed by atoms with Crippen LogP contribution in [0, 0.1) is 0 Å². The Bertz CT molecular complexity index is 3090. The molecule has 0 saturated carbocycles. The fourth-order valence-corrected chi connectivity index (χ4v) is 7.98. The van der Waals surface area contributed by atoms with Crippen LogP contribution in [0.25, 0.3) is 110 Å². The molecule has 51 heavy (non-hydrogen) atoms. The molecule has 0 fully saturated rings. The van der Waals surface area contributed by atoms with Gasteiger partial charge >= 0.3 is 0 Å². The lowest BCUT2D eigenvalue weighted by Gasteiger charge is -2.18. The van der Waals surface area contributed by atoms with Crippen LogP contribution < -0.4 is 0 Å². The van der Waals surface area contributed by atoms with Gasteiger partial charge in [0.25, 0.3) is 0 Å². The van der Waals surface area contributed by atoms with Crippen molar-refractivity contribution in [3.8, 4) is 44.8 Å². The molecule has 0 atom stereocenters. The zero-order chi connectivity index (χ0) is 33.5. The molecule has 236 valence electrons. The van der Waals surface area contributed by atoms with Crippen molar-refractivity contribution >= 4 is 65.1 Å². The quantitative estimate of drug-likeness (QED) is 0.178. The van der Waals surface area contributed by atoms with Crippen molar-refractivity contribution in [1.82, 2.24) is 9.97 Å². The molecule has 0 spiro atoms. The van der Waals surface area contributed by atoms with E-state index in [2.05, 4.69) is 151 Å². The van der Waals surface area contributed by atoms with Crippen molar-refractivity contribution in [3.05, 3.63) is 170 Å². The zero-order valence-corrected chi connectivity index (χ0v) is 27.5. The van der Waals surface area contributed by atoms with Gasteiger partial charge in [-0.1, -0.05) is 127 Å². The van der Waals surface area contributed by atoms with Crippen LogP contribution in [-0.2, 0) is 0 Å². The highest BCUT2D eigenvalue weighted by molar-refractivity contribution is 6.28. The van der Waals surface area contributed by atoms with Crippen LogP contribution in [0.1, 0.15) is 0 Å². The monoisotopic (exact) mass is 648 g/mol. The molecule has 3 heteroatoms. The number of rotatable bonds is 4. The molecule has 0 aliphatic heterocycles. The smallest absolute Gasteiger partial charge is 0.135 e. The molecule has 11 aromatic rings. The summed E-state index contributed by atoms with van der Waals surface area (Å²) in [6.07, 6.45) is 1.84. The lowest BCUT2D eigenvalue weighted by Crippen LogP contribution is -1.92. The van der Waals surface area contributed by atoms with Gasteiger partial charge in [0, 0.05) is 33.5 Å². The van der Waals surface area contributed by atoms with Gasteiger partial charge < -0.3 is 4.42 Å². The molecule has 0 bridgehead atoms. The summed E-state index contributed by atoms with van der Waals surface area (Å²) in [6, 6.07) is 58.6. The largest absolute Gasteiger partial charge is 0.456 e. The summed E-state index contributed by atoms with van der Waals surface area (Å²) in [5, 5.41) is 10.9. The number of hydrogen-bond donors (Lipinski definition) is 0. The molecule has 8 aromatic carbocycles. The second kappa shape index (κ2) is 10.8. The first-order chi connectivity index (χ1) is 25.2. The standard InChI is InChI=1S/C48H28N2O/c1-2-12-43-37(6-1)27-44(51-43)36-10-4-9-35(26-36)41-28-40(38-22-19-31-7-3-8-32-20-23-39(41)46(38)45(31)32)29-13-15-30(16-14-29)42-24-21-34-18-17-33-11-5-25-49-47(33)48(34)50-42/h1-28H. The molecule has 3 nitrogen and oxygen atoms in total. The number of nitrogens with zero attached hydrogens (tertiary/aromatic N) is 2. The third-order valence-electron chi connectivity index (χ3n) is 10.5. The van der Waals surface area contributed by atoms with Crippen LogP contribution in [0.2, 0.25) is 0 Å². The van der Waals surface area contributed by atoms with Crippen molar-refractivity contribution in [2.45, 2.75) is 0 Å². The molecule has 0 unspecified atom stereocenters. The molecule has 3 heterocycles. The summed E-state index contributed by atoms with van der Waals surface area (Å²) in [5.74, 6) is 0.873. The van der Waals surface area contributed by atoms with E-state index in [1.165, 1.54) is 49.0 Å². The predicted molar refractivity (Wildman–Crippen MR) is 212 cm³/mol. The van der Waals surface area contributed by atoms with Crippen molar-refractivity contribution in [3.63, 3.8) is 0 Å². The fraction of sp³-hybridized carbons (Fsp3) is 0.